The average Bonchev–Trinajstić information content (AvgIpc) is 2.99. The number of methoxy groups -OCH3 is 1. The maximum atomic E-state index is 12.9. The van der Waals surface area contributed by atoms with E-state index in [9.17, 15) is 9.90 Å². The largest absolute Gasteiger partial charge is 0.478 e. The van der Waals surface area contributed by atoms with Gasteiger partial charge in [0.25, 0.3) is 0 Å². The highest BCUT2D eigenvalue weighted by molar-refractivity contribution is 5.76. The Bertz CT molecular complexity index is 1400. The summed E-state index contributed by atoms with van der Waals surface area (Å²) in [6, 6.07) is 36.9. The maximum absolute atomic E-state index is 12.9. The smallest absolute Gasteiger partial charge is 0.348 e. The molecule has 1 N–H and O–H groups in total. The summed E-state index contributed by atoms with van der Waals surface area (Å²) in [5.41, 5.74) is 1.21. The second-order valence-corrected chi connectivity index (χ2v) is 8.51. The van der Waals surface area contributed by atoms with Crippen LogP contribution in [0.1, 0.15) is 11.1 Å². The SMILES string of the molecule is COC(c1ccccc1)(c1ccccc1)C(Oc1nc(-c2ccccc2)nc(-c2ccccc2)n1)C(=O)O. The van der Waals surface area contributed by atoms with Gasteiger partial charge in [-0.1, -0.05) is 121 Å². The average molecular weight is 504 g/mol. The van der Waals surface area contributed by atoms with Crippen molar-refractivity contribution in [1.82, 2.24) is 15.0 Å². The maximum Gasteiger partial charge on any atom is 0.348 e. The van der Waals surface area contributed by atoms with E-state index in [1.54, 1.807) is 0 Å². The third-order valence-electron chi connectivity index (χ3n) is 6.22. The zero-order chi connectivity index (χ0) is 26.4. The molecule has 0 aliphatic carbocycles. The molecule has 0 spiro atoms. The number of carbonyl (C=O) groups is 1. The molecule has 38 heavy (non-hydrogen) atoms. The van der Waals surface area contributed by atoms with Gasteiger partial charge in [-0.25, -0.2) is 9.78 Å². The highest BCUT2D eigenvalue weighted by Crippen LogP contribution is 2.39. The van der Waals surface area contributed by atoms with E-state index < -0.39 is 17.7 Å². The molecule has 1 heterocycles. The quantitative estimate of drug-likeness (QED) is 0.279. The van der Waals surface area contributed by atoms with Crippen LogP contribution in [-0.4, -0.2) is 39.2 Å². The van der Waals surface area contributed by atoms with Crippen molar-refractivity contribution in [2.24, 2.45) is 0 Å². The van der Waals surface area contributed by atoms with Crippen LogP contribution >= 0.6 is 0 Å². The molecule has 7 nitrogen and oxygen atoms in total. The van der Waals surface area contributed by atoms with Crippen molar-refractivity contribution in [3.8, 4) is 28.8 Å². The molecule has 5 aromatic rings. The molecule has 7 heteroatoms. The van der Waals surface area contributed by atoms with E-state index in [2.05, 4.69) is 15.0 Å². The number of aromatic nitrogens is 3. The normalized spacial score (nSPS) is 12.0. The molecular weight excluding hydrogens is 478 g/mol. The molecular formula is C31H25N3O4. The fraction of sp³-hybridized carbons (Fsp3) is 0.0968. The van der Waals surface area contributed by atoms with Crippen LogP contribution in [0.5, 0.6) is 6.01 Å². The van der Waals surface area contributed by atoms with Crippen molar-refractivity contribution in [1.29, 1.82) is 0 Å². The van der Waals surface area contributed by atoms with Crippen LogP contribution in [-0.2, 0) is 15.1 Å². The number of carboxylic acid groups (broad SMARTS) is 1. The summed E-state index contributed by atoms with van der Waals surface area (Å²) in [6.07, 6.45) is -1.54. The first-order valence-corrected chi connectivity index (χ1v) is 12.0. The Labute approximate surface area is 220 Å². The van der Waals surface area contributed by atoms with Crippen LogP contribution in [0, 0.1) is 0 Å². The number of rotatable bonds is 9. The van der Waals surface area contributed by atoms with Crippen molar-refractivity contribution in [3.63, 3.8) is 0 Å². The van der Waals surface area contributed by atoms with Gasteiger partial charge in [0.05, 0.1) is 0 Å². The highest BCUT2D eigenvalue weighted by Gasteiger charge is 2.49. The summed E-state index contributed by atoms with van der Waals surface area (Å²) in [7, 11) is 1.47. The van der Waals surface area contributed by atoms with Gasteiger partial charge < -0.3 is 14.6 Å². The van der Waals surface area contributed by atoms with Gasteiger partial charge in [0, 0.05) is 18.2 Å². The lowest BCUT2D eigenvalue weighted by Crippen LogP contribution is -2.50. The minimum absolute atomic E-state index is 0.126. The van der Waals surface area contributed by atoms with E-state index in [0.717, 1.165) is 11.1 Å². The van der Waals surface area contributed by atoms with Gasteiger partial charge in [0.2, 0.25) is 6.10 Å². The summed E-state index contributed by atoms with van der Waals surface area (Å²) in [5.74, 6) is -0.510. The van der Waals surface area contributed by atoms with Gasteiger partial charge in [0.15, 0.2) is 17.2 Å². The molecule has 1 aromatic heterocycles. The molecule has 0 aliphatic rings. The zero-order valence-corrected chi connectivity index (χ0v) is 20.6. The van der Waals surface area contributed by atoms with E-state index in [1.807, 2.05) is 121 Å². The fourth-order valence-electron chi connectivity index (χ4n) is 4.44. The van der Waals surface area contributed by atoms with Crippen LogP contribution in [0.2, 0.25) is 0 Å². The first-order chi connectivity index (χ1) is 18.6. The van der Waals surface area contributed by atoms with Crippen molar-refractivity contribution >= 4 is 5.97 Å². The first-order valence-electron chi connectivity index (χ1n) is 12.0. The number of hydrogen-bond donors (Lipinski definition) is 1. The lowest BCUT2D eigenvalue weighted by atomic mass is 9.81. The molecule has 0 radical (unpaired) electrons. The second kappa shape index (κ2) is 11.0. The molecule has 1 atom stereocenters. The predicted molar refractivity (Wildman–Crippen MR) is 143 cm³/mol. The zero-order valence-electron chi connectivity index (χ0n) is 20.6. The van der Waals surface area contributed by atoms with Crippen molar-refractivity contribution in [3.05, 3.63) is 132 Å². The summed E-state index contributed by atoms with van der Waals surface area (Å²) in [5, 5.41) is 10.5. The number of hydrogen-bond acceptors (Lipinski definition) is 6. The highest BCUT2D eigenvalue weighted by atomic mass is 16.6. The van der Waals surface area contributed by atoms with Crippen molar-refractivity contribution in [2.75, 3.05) is 7.11 Å². The number of carboxylic acids is 1. The van der Waals surface area contributed by atoms with Crippen molar-refractivity contribution in [2.45, 2.75) is 11.7 Å². The molecule has 4 aromatic carbocycles. The van der Waals surface area contributed by atoms with Crippen molar-refractivity contribution < 1.29 is 19.4 Å². The number of benzene rings is 4. The second-order valence-electron chi connectivity index (χ2n) is 8.51. The molecule has 188 valence electrons. The molecule has 0 saturated heterocycles. The summed E-state index contributed by atoms with van der Waals surface area (Å²) in [4.78, 5) is 26.6. The molecule has 0 amide bonds. The molecule has 5 rings (SSSR count). The Kier molecular flexibility index (Phi) is 7.19. The predicted octanol–water partition coefficient (Wildman–Crippen LogP) is 5.63. The Morgan fingerprint density at radius 1 is 0.658 bits per heavy atom. The van der Waals surface area contributed by atoms with E-state index in [-0.39, 0.29) is 6.01 Å². The van der Waals surface area contributed by atoms with E-state index >= 15 is 0 Å². The lowest BCUT2D eigenvalue weighted by molar-refractivity contribution is -0.160. The van der Waals surface area contributed by atoms with Crippen LogP contribution in [0.3, 0.4) is 0 Å². The minimum atomic E-state index is -1.54. The molecule has 0 aliphatic heterocycles. The Hall–Kier alpha value is -4.88. The van der Waals surface area contributed by atoms with E-state index in [4.69, 9.17) is 9.47 Å². The van der Waals surface area contributed by atoms with Crippen LogP contribution in [0.4, 0.5) is 0 Å². The minimum Gasteiger partial charge on any atom is -0.478 e. The Morgan fingerprint density at radius 2 is 1.05 bits per heavy atom. The van der Waals surface area contributed by atoms with Gasteiger partial charge in [-0.2, -0.15) is 9.97 Å². The third kappa shape index (κ3) is 4.87. The number of nitrogens with zero attached hydrogens (tertiary/aromatic N) is 3. The molecule has 0 fully saturated rings. The van der Waals surface area contributed by atoms with E-state index in [0.29, 0.717) is 22.8 Å². The van der Waals surface area contributed by atoms with Gasteiger partial charge in [-0.3, -0.25) is 0 Å². The monoisotopic (exact) mass is 503 g/mol. The van der Waals surface area contributed by atoms with Gasteiger partial charge >= 0.3 is 12.0 Å². The van der Waals surface area contributed by atoms with Crippen LogP contribution in [0.15, 0.2) is 121 Å². The summed E-state index contributed by atoms with van der Waals surface area (Å²) >= 11 is 0. The fourth-order valence-corrected chi connectivity index (χ4v) is 4.44. The van der Waals surface area contributed by atoms with Gasteiger partial charge in [-0.05, 0) is 11.1 Å². The first kappa shape index (κ1) is 24.8. The van der Waals surface area contributed by atoms with Gasteiger partial charge in [-0.15, -0.1) is 0 Å². The lowest BCUT2D eigenvalue weighted by Gasteiger charge is -2.37. The van der Waals surface area contributed by atoms with Gasteiger partial charge in [0.1, 0.15) is 0 Å². The molecule has 0 bridgehead atoms. The summed E-state index contributed by atoms with van der Waals surface area (Å²) in [6.45, 7) is 0. The number of ether oxygens (including phenoxy) is 2. The third-order valence-corrected chi connectivity index (χ3v) is 6.22. The topological polar surface area (TPSA) is 94.4 Å². The Morgan fingerprint density at radius 3 is 1.42 bits per heavy atom. The molecule has 1 unspecified atom stereocenters. The standard InChI is InChI=1S/C31H25N3O4/c1-37-31(24-18-10-4-11-19-24,25-20-12-5-13-21-25)26(29(35)36)38-30-33-27(22-14-6-2-7-15-22)32-28(34-30)23-16-8-3-9-17-23/h2-21,26H,1H3,(H,35,36). The van der Waals surface area contributed by atoms with Crippen LogP contribution in [0.25, 0.3) is 22.8 Å². The Balaban J connectivity index is 1.68. The summed E-state index contributed by atoms with van der Waals surface area (Å²) < 4.78 is 12.2. The van der Waals surface area contributed by atoms with E-state index in [1.165, 1.54) is 7.11 Å². The molecule has 0 saturated carbocycles. The number of aliphatic carboxylic acids is 1. The van der Waals surface area contributed by atoms with Crippen LogP contribution < -0.4 is 4.74 Å².